The fourth-order valence-electron chi connectivity index (χ4n) is 1.60. The Morgan fingerprint density at radius 3 is 2.74 bits per heavy atom. The summed E-state index contributed by atoms with van der Waals surface area (Å²) in [6, 6.07) is 9.93. The molecule has 0 heterocycles. The zero-order valence-corrected chi connectivity index (χ0v) is 13.7. The summed E-state index contributed by atoms with van der Waals surface area (Å²) >= 11 is 5.24. The summed E-state index contributed by atoms with van der Waals surface area (Å²) in [5, 5.41) is 2.75. The number of hydrogen-bond acceptors (Lipinski definition) is 1. The lowest BCUT2D eigenvalue weighted by atomic mass is 10.1. The van der Waals surface area contributed by atoms with Crippen LogP contribution in [0.3, 0.4) is 0 Å². The lowest BCUT2D eigenvalue weighted by molar-refractivity contribution is 0.102. The van der Waals surface area contributed by atoms with E-state index in [9.17, 15) is 9.18 Å². The van der Waals surface area contributed by atoms with Gasteiger partial charge < -0.3 is 5.32 Å². The largest absolute Gasteiger partial charge is 0.322 e. The van der Waals surface area contributed by atoms with Crippen molar-refractivity contribution >= 4 is 50.1 Å². The van der Waals surface area contributed by atoms with Gasteiger partial charge in [-0.1, -0.05) is 12.1 Å². The molecule has 0 aliphatic carbocycles. The number of amides is 1. The number of anilines is 1. The minimum Gasteiger partial charge on any atom is -0.322 e. The Morgan fingerprint density at radius 1 is 1.32 bits per heavy atom. The smallest absolute Gasteiger partial charge is 0.256 e. The van der Waals surface area contributed by atoms with Crippen LogP contribution in [0.15, 0.2) is 40.9 Å². The Labute approximate surface area is 132 Å². The molecule has 0 aliphatic rings. The number of carbonyl (C=O) groups excluding carboxylic acids is 1. The summed E-state index contributed by atoms with van der Waals surface area (Å²) in [4.78, 5) is 12.2. The topological polar surface area (TPSA) is 29.1 Å². The maximum Gasteiger partial charge on any atom is 0.256 e. The fraction of sp³-hybridized carbons (Fsp3) is 0.0714. The van der Waals surface area contributed by atoms with E-state index in [1.807, 2.05) is 19.1 Å². The highest BCUT2D eigenvalue weighted by Gasteiger charge is 2.12. The highest BCUT2D eigenvalue weighted by atomic mass is 127. The minimum absolute atomic E-state index is 0.202. The molecule has 2 nitrogen and oxygen atoms in total. The third-order valence-electron chi connectivity index (χ3n) is 2.61. The Bertz CT molecular complexity index is 645. The monoisotopic (exact) mass is 433 g/mol. The van der Waals surface area contributed by atoms with E-state index in [0.29, 0.717) is 15.7 Å². The van der Waals surface area contributed by atoms with Crippen molar-refractivity contribution in [1.82, 2.24) is 0 Å². The van der Waals surface area contributed by atoms with Gasteiger partial charge in [0.1, 0.15) is 5.82 Å². The third-order valence-corrected chi connectivity index (χ3v) is 4.65. The molecule has 0 aromatic heterocycles. The van der Waals surface area contributed by atoms with Crippen LogP contribution in [0.25, 0.3) is 0 Å². The van der Waals surface area contributed by atoms with Gasteiger partial charge in [0.2, 0.25) is 0 Å². The molecule has 0 aliphatic heterocycles. The van der Waals surface area contributed by atoms with Gasteiger partial charge in [-0.15, -0.1) is 0 Å². The zero-order valence-electron chi connectivity index (χ0n) is 10.0. The molecule has 0 spiro atoms. The molecule has 0 atom stereocenters. The quantitative estimate of drug-likeness (QED) is 0.680. The molecule has 0 radical (unpaired) electrons. The van der Waals surface area contributed by atoms with Crippen molar-refractivity contribution in [3.63, 3.8) is 0 Å². The summed E-state index contributed by atoms with van der Waals surface area (Å²) in [5.74, 6) is -0.560. The van der Waals surface area contributed by atoms with Crippen LogP contribution in [0.5, 0.6) is 0 Å². The lowest BCUT2D eigenvalue weighted by Gasteiger charge is -2.09. The van der Waals surface area contributed by atoms with Gasteiger partial charge >= 0.3 is 0 Å². The van der Waals surface area contributed by atoms with Crippen molar-refractivity contribution in [2.45, 2.75) is 6.92 Å². The Kier molecular flexibility index (Phi) is 4.57. The van der Waals surface area contributed by atoms with Gasteiger partial charge in [0.25, 0.3) is 5.91 Å². The van der Waals surface area contributed by atoms with Crippen LogP contribution < -0.4 is 5.32 Å². The van der Waals surface area contributed by atoms with Crippen LogP contribution in [0, 0.1) is 16.3 Å². The van der Waals surface area contributed by atoms with Crippen LogP contribution in [0.4, 0.5) is 10.1 Å². The first-order valence-electron chi connectivity index (χ1n) is 5.50. The van der Waals surface area contributed by atoms with Gasteiger partial charge in [0, 0.05) is 9.26 Å². The molecule has 2 aromatic rings. The first-order valence-corrected chi connectivity index (χ1v) is 7.37. The maximum atomic E-state index is 13.1. The van der Waals surface area contributed by atoms with E-state index in [4.69, 9.17) is 0 Å². The molecule has 5 heteroatoms. The van der Waals surface area contributed by atoms with Crippen molar-refractivity contribution in [2.75, 3.05) is 5.32 Å². The predicted octanol–water partition coefficient (Wildman–Crippen LogP) is 4.75. The van der Waals surface area contributed by atoms with Gasteiger partial charge in [-0.3, -0.25) is 4.79 Å². The number of hydrogen-bond donors (Lipinski definition) is 1. The van der Waals surface area contributed by atoms with E-state index in [0.717, 1.165) is 9.13 Å². The van der Waals surface area contributed by atoms with Crippen LogP contribution in [0.1, 0.15) is 15.9 Å². The van der Waals surface area contributed by atoms with Gasteiger partial charge in [-0.2, -0.15) is 0 Å². The highest BCUT2D eigenvalue weighted by molar-refractivity contribution is 14.1. The molecule has 0 unspecified atom stereocenters. The average molecular weight is 434 g/mol. The summed E-state index contributed by atoms with van der Waals surface area (Å²) in [7, 11) is 0. The number of aryl methyl sites for hydroxylation is 1. The number of rotatable bonds is 2. The second-order valence-corrected chi connectivity index (χ2v) is 5.95. The zero-order chi connectivity index (χ0) is 14.0. The van der Waals surface area contributed by atoms with Crippen molar-refractivity contribution in [3.05, 3.63) is 61.4 Å². The van der Waals surface area contributed by atoms with Crippen LogP contribution in [0.2, 0.25) is 0 Å². The number of benzene rings is 2. The highest BCUT2D eigenvalue weighted by Crippen LogP contribution is 2.22. The molecule has 0 saturated heterocycles. The first-order chi connectivity index (χ1) is 8.99. The minimum atomic E-state index is -0.358. The summed E-state index contributed by atoms with van der Waals surface area (Å²) in [6.45, 7) is 1.95. The molecular weight excluding hydrogens is 424 g/mol. The van der Waals surface area contributed by atoms with Crippen molar-refractivity contribution in [1.29, 1.82) is 0 Å². The molecule has 2 rings (SSSR count). The Morgan fingerprint density at radius 2 is 2.05 bits per heavy atom. The molecule has 19 heavy (non-hydrogen) atoms. The summed E-state index contributed by atoms with van der Waals surface area (Å²) in [5.41, 5.74) is 2.21. The van der Waals surface area contributed by atoms with Crippen molar-refractivity contribution < 1.29 is 9.18 Å². The molecule has 98 valence electrons. The van der Waals surface area contributed by atoms with E-state index in [-0.39, 0.29) is 11.7 Å². The van der Waals surface area contributed by atoms with Crippen LogP contribution in [-0.2, 0) is 0 Å². The molecule has 1 N–H and O–H groups in total. The molecular formula is C14H10BrFINO. The van der Waals surface area contributed by atoms with Crippen molar-refractivity contribution in [2.24, 2.45) is 0 Å². The van der Waals surface area contributed by atoms with E-state index < -0.39 is 0 Å². The SMILES string of the molecule is Cc1cccc(C(=O)Nc2ccc(F)c(Br)c2)c1I. The number of nitrogens with one attached hydrogen (secondary N) is 1. The molecule has 0 bridgehead atoms. The summed E-state index contributed by atoms with van der Waals surface area (Å²) < 4.78 is 14.4. The standard InChI is InChI=1S/C14H10BrFINO/c1-8-3-2-4-10(13(8)17)14(19)18-9-5-6-12(16)11(15)7-9/h2-7H,1H3,(H,18,19). The third kappa shape index (κ3) is 3.33. The maximum absolute atomic E-state index is 13.1. The first kappa shape index (κ1) is 14.5. The normalized spacial score (nSPS) is 10.3. The van der Waals surface area contributed by atoms with Gasteiger partial charge in [-0.05, 0) is 75.3 Å². The molecule has 0 saturated carbocycles. The van der Waals surface area contributed by atoms with Gasteiger partial charge in [0.05, 0.1) is 10.0 Å². The van der Waals surface area contributed by atoms with E-state index in [1.165, 1.54) is 18.2 Å². The predicted molar refractivity (Wildman–Crippen MR) is 85.9 cm³/mol. The summed E-state index contributed by atoms with van der Waals surface area (Å²) in [6.07, 6.45) is 0. The molecule has 1 amide bonds. The second kappa shape index (κ2) is 6.00. The van der Waals surface area contributed by atoms with Crippen molar-refractivity contribution in [3.8, 4) is 0 Å². The number of carbonyl (C=O) groups is 1. The second-order valence-electron chi connectivity index (χ2n) is 4.02. The Balaban J connectivity index is 2.26. The number of halogens is 3. The van der Waals surface area contributed by atoms with E-state index >= 15 is 0 Å². The average Bonchev–Trinajstić information content (AvgIpc) is 2.37. The van der Waals surface area contributed by atoms with Crippen LogP contribution in [-0.4, -0.2) is 5.91 Å². The van der Waals surface area contributed by atoms with Gasteiger partial charge in [0.15, 0.2) is 0 Å². The Hall–Kier alpha value is -0.950. The van der Waals surface area contributed by atoms with Gasteiger partial charge in [-0.25, -0.2) is 4.39 Å². The van der Waals surface area contributed by atoms with E-state index in [1.54, 1.807) is 6.07 Å². The fourth-order valence-corrected chi connectivity index (χ4v) is 2.58. The molecule has 0 fully saturated rings. The van der Waals surface area contributed by atoms with E-state index in [2.05, 4.69) is 43.8 Å². The lowest BCUT2D eigenvalue weighted by Crippen LogP contribution is -2.14. The molecule has 2 aromatic carbocycles. The van der Waals surface area contributed by atoms with Crippen LogP contribution >= 0.6 is 38.5 Å².